The average molecular weight is 161 g/mol. The highest BCUT2D eigenvalue weighted by Crippen LogP contribution is 2.03. The molecule has 58 valence electrons. The van der Waals surface area contributed by atoms with Crippen LogP contribution in [0.4, 0.5) is 0 Å². The zero-order valence-corrected chi connectivity index (χ0v) is 6.89. The van der Waals surface area contributed by atoms with E-state index < -0.39 is 6.04 Å². The molecule has 1 unspecified atom stereocenters. The highest BCUT2D eigenvalue weighted by molar-refractivity contribution is 7.96. The minimum Gasteiger partial charge on any atom is -0.348 e. The molecular weight excluding hydrogens is 150 g/mol. The van der Waals surface area contributed by atoms with Gasteiger partial charge in [0.25, 0.3) is 0 Å². The molecule has 0 saturated heterocycles. The molecule has 0 saturated carbocycles. The van der Waals surface area contributed by atoms with Crippen LogP contribution < -0.4 is 5.32 Å². The number of hydrogen-bond donors (Lipinski definition) is 2. The molecule has 1 N–H and O–H groups in total. The van der Waals surface area contributed by atoms with Crippen LogP contribution in [0.15, 0.2) is 0 Å². The van der Waals surface area contributed by atoms with Crippen LogP contribution >= 0.6 is 12.6 Å². The molecule has 0 fully saturated rings. The lowest BCUT2D eigenvalue weighted by Crippen LogP contribution is -2.37. The van der Waals surface area contributed by atoms with Crippen molar-refractivity contribution in [2.24, 2.45) is 5.92 Å². The van der Waals surface area contributed by atoms with Gasteiger partial charge in [-0.15, -0.1) is 12.6 Å². The van der Waals surface area contributed by atoms with Gasteiger partial charge in [0.2, 0.25) is 11.5 Å². The third kappa shape index (κ3) is 2.87. The van der Waals surface area contributed by atoms with Crippen molar-refractivity contribution in [3.8, 4) is 0 Å². The fourth-order valence-electron chi connectivity index (χ4n) is 0.622. The molecule has 1 atom stereocenters. The van der Waals surface area contributed by atoms with Crippen LogP contribution in [0.2, 0.25) is 0 Å². The normalized spacial score (nSPS) is 12.8. The molecule has 0 aromatic rings. The van der Waals surface area contributed by atoms with Crippen LogP contribution in [-0.2, 0) is 9.59 Å². The van der Waals surface area contributed by atoms with E-state index >= 15 is 0 Å². The monoisotopic (exact) mass is 161 g/mol. The number of carbonyl (C=O) groups is 2. The van der Waals surface area contributed by atoms with E-state index in [4.69, 9.17) is 0 Å². The van der Waals surface area contributed by atoms with Crippen molar-refractivity contribution < 1.29 is 9.59 Å². The number of nitrogens with one attached hydrogen (secondary N) is 1. The maximum absolute atomic E-state index is 10.6. The lowest BCUT2D eigenvalue weighted by molar-refractivity contribution is -0.118. The Labute approximate surface area is 65.6 Å². The van der Waals surface area contributed by atoms with Gasteiger partial charge in [0.1, 0.15) is 0 Å². The van der Waals surface area contributed by atoms with Gasteiger partial charge in [0, 0.05) is 0 Å². The van der Waals surface area contributed by atoms with Gasteiger partial charge >= 0.3 is 0 Å². The summed E-state index contributed by atoms with van der Waals surface area (Å²) in [4.78, 5) is 20.5. The number of amides is 1. The molecular formula is C6H11NO2S. The standard InChI is InChI=1S/C6H11NO2S/c1-4(2)5(6(9)10)7-3-8/h3-5H,1-2H3,(H,7,8)(H,9,10). The summed E-state index contributed by atoms with van der Waals surface area (Å²) >= 11 is 3.61. The lowest BCUT2D eigenvalue weighted by Gasteiger charge is -2.14. The predicted octanol–water partition coefficient (Wildman–Crippen LogP) is 0.213. The topological polar surface area (TPSA) is 46.2 Å². The first-order valence-electron chi connectivity index (χ1n) is 3.02. The van der Waals surface area contributed by atoms with Crippen molar-refractivity contribution in [2.45, 2.75) is 19.9 Å². The van der Waals surface area contributed by atoms with Gasteiger partial charge < -0.3 is 5.32 Å². The van der Waals surface area contributed by atoms with Gasteiger partial charge in [-0.05, 0) is 5.92 Å². The Balaban J connectivity index is 3.97. The quantitative estimate of drug-likeness (QED) is 0.457. The van der Waals surface area contributed by atoms with Crippen molar-refractivity contribution in [3.05, 3.63) is 0 Å². The summed E-state index contributed by atoms with van der Waals surface area (Å²) in [5.74, 6) is 0.0928. The maximum Gasteiger partial charge on any atom is 0.208 e. The van der Waals surface area contributed by atoms with E-state index in [-0.39, 0.29) is 11.0 Å². The van der Waals surface area contributed by atoms with Crippen molar-refractivity contribution in [2.75, 3.05) is 0 Å². The number of thiol groups is 1. The summed E-state index contributed by atoms with van der Waals surface area (Å²) in [7, 11) is 0. The minimum absolute atomic E-state index is 0.0928. The summed E-state index contributed by atoms with van der Waals surface area (Å²) in [5.41, 5.74) is 0. The van der Waals surface area contributed by atoms with E-state index in [1.54, 1.807) is 0 Å². The van der Waals surface area contributed by atoms with Crippen LogP contribution in [0.1, 0.15) is 13.8 Å². The van der Waals surface area contributed by atoms with Gasteiger partial charge in [0.15, 0.2) is 0 Å². The zero-order chi connectivity index (χ0) is 8.15. The summed E-state index contributed by atoms with van der Waals surface area (Å²) in [6.07, 6.45) is 0.513. The molecule has 0 aliphatic rings. The fraction of sp³-hybridized carbons (Fsp3) is 0.667. The molecule has 1 amide bonds. The highest BCUT2D eigenvalue weighted by Gasteiger charge is 2.17. The molecule has 0 aliphatic carbocycles. The third-order valence-corrected chi connectivity index (χ3v) is 1.46. The van der Waals surface area contributed by atoms with E-state index in [2.05, 4.69) is 17.9 Å². The van der Waals surface area contributed by atoms with Crippen LogP contribution in [0.5, 0.6) is 0 Å². The van der Waals surface area contributed by atoms with E-state index in [1.807, 2.05) is 13.8 Å². The van der Waals surface area contributed by atoms with Gasteiger partial charge in [-0.3, -0.25) is 9.59 Å². The molecule has 3 nitrogen and oxygen atoms in total. The van der Waals surface area contributed by atoms with Crippen molar-refractivity contribution in [1.82, 2.24) is 5.32 Å². The summed E-state index contributed by atoms with van der Waals surface area (Å²) in [5, 5.41) is 2.07. The van der Waals surface area contributed by atoms with Crippen LogP contribution in [0, 0.1) is 5.92 Å². The van der Waals surface area contributed by atoms with Crippen LogP contribution in [0.3, 0.4) is 0 Å². The second-order valence-electron chi connectivity index (χ2n) is 2.34. The van der Waals surface area contributed by atoms with Crippen molar-refractivity contribution >= 4 is 24.2 Å². The Hall–Kier alpha value is -0.510. The Morgan fingerprint density at radius 3 is 2.20 bits per heavy atom. The second-order valence-corrected chi connectivity index (χ2v) is 2.79. The zero-order valence-electron chi connectivity index (χ0n) is 6.00. The van der Waals surface area contributed by atoms with Gasteiger partial charge in [0.05, 0.1) is 6.04 Å². The molecule has 0 radical (unpaired) electrons. The minimum atomic E-state index is -0.458. The molecule has 0 spiro atoms. The van der Waals surface area contributed by atoms with Crippen molar-refractivity contribution in [1.29, 1.82) is 0 Å². The Morgan fingerprint density at radius 1 is 1.60 bits per heavy atom. The molecule has 4 heteroatoms. The van der Waals surface area contributed by atoms with Crippen molar-refractivity contribution in [3.63, 3.8) is 0 Å². The molecule has 10 heavy (non-hydrogen) atoms. The Morgan fingerprint density at radius 2 is 2.10 bits per heavy atom. The van der Waals surface area contributed by atoms with Gasteiger partial charge in [-0.1, -0.05) is 13.8 Å². The Kier molecular flexibility index (Phi) is 4.11. The van der Waals surface area contributed by atoms with E-state index in [1.165, 1.54) is 0 Å². The Bertz CT molecular complexity index is 136. The van der Waals surface area contributed by atoms with Gasteiger partial charge in [-0.25, -0.2) is 0 Å². The predicted molar refractivity (Wildman–Crippen MR) is 41.8 cm³/mol. The summed E-state index contributed by atoms with van der Waals surface area (Å²) in [6, 6.07) is -0.458. The molecule has 0 heterocycles. The fourth-order valence-corrected chi connectivity index (χ4v) is 0.995. The first-order chi connectivity index (χ1) is 4.59. The third-order valence-electron chi connectivity index (χ3n) is 1.18. The first kappa shape index (κ1) is 9.49. The average Bonchev–Trinajstić information content (AvgIpc) is 1.81. The van der Waals surface area contributed by atoms with E-state index in [9.17, 15) is 9.59 Å². The highest BCUT2D eigenvalue weighted by atomic mass is 32.1. The largest absolute Gasteiger partial charge is 0.348 e. The number of hydrogen-bond acceptors (Lipinski definition) is 2. The van der Waals surface area contributed by atoms with Crippen LogP contribution in [-0.4, -0.2) is 17.6 Å². The van der Waals surface area contributed by atoms with Gasteiger partial charge in [-0.2, -0.15) is 0 Å². The first-order valence-corrected chi connectivity index (χ1v) is 3.46. The van der Waals surface area contributed by atoms with E-state index in [0.29, 0.717) is 6.41 Å². The number of rotatable bonds is 4. The summed E-state index contributed by atoms with van der Waals surface area (Å²) < 4.78 is 0. The molecule has 0 aromatic carbocycles. The smallest absolute Gasteiger partial charge is 0.208 e. The number of carbonyl (C=O) groups excluding carboxylic acids is 2. The summed E-state index contributed by atoms with van der Waals surface area (Å²) in [6.45, 7) is 3.69. The van der Waals surface area contributed by atoms with E-state index in [0.717, 1.165) is 0 Å². The SMILES string of the molecule is CC(C)C(NC=O)C(=O)S. The van der Waals surface area contributed by atoms with Crippen LogP contribution in [0.25, 0.3) is 0 Å². The molecule has 0 aromatic heterocycles. The molecule has 0 rings (SSSR count). The maximum atomic E-state index is 10.6. The lowest BCUT2D eigenvalue weighted by atomic mass is 10.1. The molecule has 0 bridgehead atoms. The second kappa shape index (κ2) is 4.33. The molecule has 0 aliphatic heterocycles.